The van der Waals surface area contributed by atoms with Crippen molar-refractivity contribution in [1.82, 2.24) is 0 Å². The molecular weight excluding hydrogens is 356 g/mol. The van der Waals surface area contributed by atoms with Crippen LogP contribution in [0.4, 0.5) is 5.69 Å². The molecule has 1 unspecified atom stereocenters. The predicted octanol–water partition coefficient (Wildman–Crippen LogP) is 2.12. The Labute approximate surface area is 157 Å². The molecule has 1 aliphatic heterocycles. The average Bonchev–Trinajstić information content (AvgIpc) is 3.09. The van der Waals surface area contributed by atoms with Gasteiger partial charge in [-0.1, -0.05) is 11.6 Å². The fraction of sp³-hybridized carbons (Fsp3) is 0.316. The first kappa shape index (κ1) is 18.4. The van der Waals surface area contributed by atoms with Crippen molar-refractivity contribution in [2.24, 2.45) is 0 Å². The largest absolute Gasteiger partial charge is 0.495 e. The zero-order valence-electron chi connectivity index (χ0n) is 15.0. The third kappa shape index (κ3) is 4.03. The van der Waals surface area contributed by atoms with Gasteiger partial charge in [-0.15, -0.1) is 0 Å². The number of quaternary nitrogens is 1. The highest BCUT2D eigenvalue weighted by Gasteiger charge is 2.24. The maximum atomic E-state index is 12.6. The molecule has 0 saturated carbocycles. The van der Waals surface area contributed by atoms with E-state index in [4.69, 9.17) is 25.8 Å². The van der Waals surface area contributed by atoms with Crippen LogP contribution in [-0.2, 0) is 11.3 Å². The lowest BCUT2D eigenvalue weighted by Crippen LogP contribution is -3.12. The van der Waals surface area contributed by atoms with Crippen LogP contribution in [-0.4, -0.2) is 32.9 Å². The molecular formula is C19H22ClN2O4+. The molecule has 2 aromatic carbocycles. The Morgan fingerprint density at radius 1 is 1.27 bits per heavy atom. The van der Waals surface area contributed by atoms with Crippen molar-refractivity contribution in [1.29, 1.82) is 0 Å². The second-order valence-corrected chi connectivity index (χ2v) is 6.70. The molecule has 2 aromatic rings. The minimum absolute atomic E-state index is 0.108. The first-order valence-corrected chi connectivity index (χ1v) is 8.71. The van der Waals surface area contributed by atoms with Gasteiger partial charge < -0.3 is 24.4 Å². The summed E-state index contributed by atoms with van der Waals surface area (Å²) in [6.45, 7) is 2.81. The van der Waals surface area contributed by atoms with Crippen molar-refractivity contribution in [2.75, 3.05) is 26.3 Å². The number of likely N-dealkylation sites (N-methyl/N-ethyl adjacent to an activating group) is 1. The van der Waals surface area contributed by atoms with Crippen molar-refractivity contribution in [3.05, 3.63) is 47.0 Å². The number of halogens is 1. The molecule has 0 bridgehead atoms. The van der Waals surface area contributed by atoms with E-state index in [9.17, 15) is 4.79 Å². The number of nitrogens with one attached hydrogen (secondary N) is 2. The Hall–Kier alpha value is -2.44. The maximum Gasteiger partial charge on any atom is 0.282 e. The van der Waals surface area contributed by atoms with E-state index in [-0.39, 0.29) is 18.7 Å². The first-order valence-electron chi connectivity index (χ1n) is 8.33. The number of carbonyl (C=O) groups excluding carboxylic acids is 1. The zero-order chi connectivity index (χ0) is 18.7. The molecule has 1 heterocycles. The number of hydrogen-bond acceptors (Lipinski definition) is 4. The summed E-state index contributed by atoms with van der Waals surface area (Å²) in [5, 5.41) is 3.43. The van der Waals surface area contributed by atoms with Crippen molar-refractivity contribution in [3.63, 3.8) is 0 Å². The van der Waals surface area contributed by atoms with Gasteiger partial charge in [-0.25, -0.2) is 0 Å². The number of carbonyl (C=O) groups is 1. The highest BCUT2D eigenvalue weighted by atomic mass is 35.5. The molecule has 2 N–H and O–H groups in total. The van der Waals surface area contributed by atoms with Gasteiger partial charge in [0, 0.05) is 10.6 Å². The normalized spacial score (nSPS) is 14.6. The smallest absolute Gasteiger partial charge is 0.282 e. The highest BCUT2D eigenvalue weighted by Crippen LogP contribution is 2.32. The molecule has 2 atom stereocenters. The number of anilines is 1. The Balaban J connectivity index is 1.65. The zero-order valence-corrected chi connectivity index (χ0v) is 15.7. The van der Waals surface area contributed by atoms with Crippen LogP contribution in [0.25, 0.3) is 0 Å². The molecule has 6 nitrogen and oxygen atoms in total. The van der Waals surface area contributed by atoms with Crippen LogP contribution < -0.4 is 24.4 Å². The molecule has 1 amide bonds. The third-order valence-corrected chi connectivity index (χ3v) is 4.71. The molecule has 0 radical (unpaired) electrons. The number of benzene rings is 2. The predicted molar refractivity (Wildman–Crippen MR) is 99.3 cm³/mol. The lowest BCUT2D eigenvalue weighted by atomic mass is 10.1. The van der Waals surface area contributed by atoms with Crippen molar-refractivity contribution >= 4 is 23.2 Å². The van der Waals surface area contributed by atoms with E-state index in [0.717, 1.165) is 22.0 Å². The van der Waals surface area contributed by atoms with Gasteiger partial charge in [0.05, 0.1) is 19.8 Å². The van der Waals surface area contributed by atoms with Crippen molar-refractivity contribution < 1.29 is 23.9 Å². The highest BCUT2D eigenvalue weighted by molar-refractivity contribution is 6.31. The van der Waals surface area contributed by atoms with E-state index in [0.29, 0.717) is 23.0 Å². The van der Waals surface area contributed by atoms with Crippen LogP contribution >= 0.6 is 11.6 Å². The minimum atomic E-state index is -0.274. The fourth-order valence-electron chi connectivity index (χ4n) is 2.77. The number of methoxy groups -OCH3 is 1. The maximum absolute atomic E-state index is 12.6. The standard InChI is InChI=1S/C19H21ClN2O4/c1-12(19(23)21-15-9-14(20)5-7-16(15)24-3)22(2)10-13-4-6-17-18(8-13)26-11-25-17/h4-9,12H,10-11H2,1-3H3,(H,21,23)/p+1/t12-/m1/s1. The molecule has 1 aliphatic rings. The molecule has 7 heteroatoms. The molecule has 0 aliphatic carbocycles. The van der Waals surface area contributed by atoms with Gasteiger partial charge in [0.1, 0.15) is 12.3 Å². The summed E-state index contributed by atoms with van der Waals surface area (Å²) in [6.07, 6.45) is 0. The second-order valence-electron chi connectivity index (χ2n) is 6.27. The van der Waals surface area contributed by atoms with E-state index in [2.05, 4.69) is 5.32 Å². The molecule has 138 valence electrons. The van der Waals surface area contributed by atoms with E-state index in [1.54, 1.807) is 25.3 Å². The number of fused-ring (bicyclic) bond motifs is 1. The Bertz CT molecular complexity index is 812. The molecule has 0 spiro atoms. The summed E-state index contributed by atoms with van der Waals surface area (Å²) in [6, 6.07) is 10.7. The molecule has 0 aromatic heterocycles. The van der Waals surface area contributed by atoms with Crippen LogP contribution in [0.15, 0.2) is 36.4 Å². The number of ether oxygens (including phenoxy) is 3. The van der Waals surface area contributed by atoms with E-state index in [1.807, 2.05) is 32.2 Å². The van der Waals surface area contributed by atoms with Crippen LogP contribution in [0.1, 0.15) is 12.5 Å². The van der Waals surface area contributed by atoms with Gasteiger partial charge in [0.2, 0.25) is 6.79 Å². The Morgan fingerprint density at radius 3 is 2.81 bits per heavy atom. The summed E-state index contributed by atoms with van der Waals surface area (Å²) in [4.78, 5) is 13.7. The minimum Gasteiger partial charge on any atom is -0.495 e. The first-order chi connectivity index (χ1) is 12.5. The quantitative estimate of drug-likeness (QED) is 0.809. The summed E-state index contributed by atoms with van der Waals surface area (Å²) in [7, 11) is 3.53. The van der Waals surface area contributed by atoms with Crippen LogP contribution in [0, 0.1) is 0 Å². The average molecular weight is 378 g/mol. The Morgan fingerprint density at radius 2 is 2.04 bits per heavy atom. The van der Waals surface area contributed by atoms with E-state index >= 15 is 0 Å². The van der Waals surface area contributed by atoms with Gasteiger partial charge in [-0.05, 0) is 43.3 Å². The van der Waals surface area contributed by atoms with E-state index in [1.165, 1.54) is 0 Å². The van der Waals surface area contributed by atoms with Crippen LogP contribution in [0.3, 0.4) is 0 Å². The second kappa shape index (κ2) is 7.85. The number of rotatable bonds is 6. The van der Waals surface area contributed by atoms with Crippen LogP contribution in [0.2, 0.25) is 5.02 Å². The molecule has 0 saturated heterocycles. The number of hydrogen-bond donors (Lipinski definition) is 2. The monoisotopic (exact) mass is 377 g/mol. The SMILES string of the molecule is COc1ccc(Cl)cc1NC(=O)[C@@H](C)[NH+](C)Cc1ccc2c(c1)OCO2. The lowest BCUT2D eigenvalue weighted by molar-refractivity contribution is -0.907. The third-order valence-electron chi connectivity index (χ3n) is 4.47. The summed E-state index contributed by atoms with van der Waals surface area (Å²) in [5.41, 5.74) is 1.64. The molecule has 3 rings (SSSR count). The molecule has 26 heavy (non-hydrogen) atoms. The fourth-order valence-corrected chi connectivity index (χ4v) is 2.94. The van der Waals surface area contributed by atoms with Crippen molar-refractivity contribution in [2.45, 2.75) is 19.5 Å². The summed E-state index contributed by atoms with van der Waals surface area (Å²) >= 11 is 6.02. The van der Waals surface area contributed by atoms with E-state index < -0.39 is 0 Å². The summed E-state index contributed by atoms with van der Waals surface area (Å²) < 4.78 is 16.0. The van der Waals surface area contributed by atoms with Crippen molar-refractivity contribution in [3.8, 4) is 17.2 Å². The van der Waals surface area contributed by atoms with Gasteiger partial charge in [-0.3, -0.25) is 4.79 Å². The number of amides is 1. The lowest BCUT2D eigenvalue weighted by Gasteiger charge is -2.22. The van der Waals surface area contributed by atoms with Gasteiger partial charge in [0.15, 0.2) is 17.5 Å². The van der Waals surface area contributed by atoms with Crippen LogP contribution in [0.5, 0.6) is 17.2 Å². The Kier molecular flexibility index (Phi) is 5.54. The topological polar surface area (TPSA) is 61.2 Å². The van der Waals surface area contributed by atoms with Gasteiger partial charge >= 0.3 is 0 Å². The summed E-state index contributed by atoms with van der Waals surface area (Å²) in [5.74, 6) is 1.97. The van der Waals surface area contributed by atoms with Gasteiger partial charge in [0.25, 0.3) is 5.91 Å². The molecule has 0 fully saturated rings. The van der Waals surface area contributed by atoms with Gasteiger partial charge in [-0.2, -0.15) is 0 Å².